The molecule has 0 aliphatic heterocycles. The highest BCUT2D eigenvalue weighted by Gasteiger charge is 2.09. The smallest absolute Gasteiger partial charge is 0.174 e. The molecule has 0 spiro atoms. The molecule has 0 amide bonds. The van der Waals surface area contributed by atoms with Gasteiger partial charge in [0, 0.05) is 37.2 Å². The molecule has 0 fully saturated rings. The van der Waals surface area contributed by atoms with E-state index in [9.17, 15) is 0 Å². The molecule has 2 aromatic rings. The number of benzene rings is 1. The van der Waals surface area contributed by atoms with Gasteiger partial charge in [-0.2, -0.15) is 0 Å². The highest BCUT2D eigenvalue weighted by molar-refractivity contribution is 14.2. The van der Waals surface area contributed by atoms with Crippen LogP contribution >= 0.6 is 41.7 Å². The standard InChI is InChI=1S/C9H6ClIOS/c1-5-7-4-6(10)2-3-8(7)12-9(5)13-11/h2-4H,1H3. The van der Waals surface area contributed by atoms with E-state index < -0.39 is 0 Å². The monoisotopic (exact) mass is 324 g/mol. The molecule has 2 rings (SSSR count). The van der Waals surface area contributed by atoms with Gasteiger partial charge in [0.05, 0.1) is 0 Å². The molecule has 1 nitrogen and oxygen atoms in total. The minimum absolute atomic E-state index is 0.751. The average Bonchev–Trinajstić information content (AvgIpc) is 2.44. The Hall–Kier alpha value is 0.130. The molecule has 1 aromatic carbocycles. The molecular formula is C9H6ClIOS. The van der Waals surface area contributed by atoms with E-state index in [4.69, 9.17) is 16.0 Å². The summed E-state index contributed by atoms with van der Waals surface area (Å²) in [7, 11) is 1.59. The van der Waals surface area contributed by atoms with Crippen LogP contribution in [0, 0.1) is 6.92 Å². The van der Waals surface area contributed by atoms with E-state index in [0.29, 0.717) is 0 Å². The molecule has 0 aliphatic rings. The molecule has 1 aromatic heterocycles. The fourth-order valence-corrected chi connectivity index (χ4v) is 3.02. The largest absolute Gasteiger partial charge is 0.449 e. The summed E-state index contributed by atoms with van der Waals surface area (Å²) in [4.78, 5) is 0. The summed E-state index contributed by atoms with van der Waals surface area (Å²) in [5.74, 6) is 0. The maximum absolute atomic E-state index is 5.89. The Morgan fingerprint density at radius 3 is 2.92 bits per heavy atom. The molecule has 0 aliphatic carbocycles. The first-order chi connectivity index (χ1) is 6.22. The Balaban J connectivity index is 2.77. The summed E-state index contributed by atoms with van der Waals surface area (Å²) in [5, 5.41) is 2.81. The SMILES string of the molecule is Cc1c(SI)oc2ccc(Cl)cc12. The first-order valence-corrected chi connectivity index (χ1v) is 7.43. The van der Waals surface area contributed by atoms with Crippen LogP contribution in [0.4, 0.5) is 0 Å². The van der Waals surface area contributed by atoms with E-state index in [-0.39, 0.29) is 0 Å². The number of hydrogen-bond acceptors (Lipinski definition) is 2. The molecular weight excluding hydrogens is 319 g/mol. The Morgan fingerprint density at radius 2 is 2.23 bits per heavy atom. The van der Waals surface area contributed by atoms with Gasteiger partial charge in [-0.25, -0.2) is 0 Å². The lowest BCUT2D eigenvalue weighted by Gasteiger charge is -1.89. The van der Waals surface area contributed by atoms with Crippen molar-refractivity contribution in [2.45, 2.75) is 12.0 Å². The van der Waals surface area contributed by atoms with Gasteiger partial charge < -0.3 is 4.42 Å². The lowest BCUT2D eigenvalue weighted by molar-refractivity contribution is 0.512. The zero-order valence-electron chi connectivity index (χ0n) is 6.80. The summed E-state index contributed by atoms with van der Waals surface area (Å²) in [6.45, 7) is 2.04. The van der Waals surface area contributed by atoms with Gasteiger partial charge in [0.1, 0.15) is 5.58 Å². The van der Waals surface area contributed by atoms with Crippen molar-refractivity contribution >= 4 is 52.7 Å². The molecule has 0 saturated carbocycles. The molecule has 0 N–H and O–H groups in total. The summed E-state index contributed by atoms with van der Waals surface area (Å²) in [6.07, 6.45) is 0. The van der Waals surface area contributed by atoms with Crippen molar-refractivity contribution in [3.63, 3.8) is 0 Å². The van der Waals surface area contributed by atoms with E-state index >= 15 is 0 Å². The van der Waals surface area contributed by atoms with Gasteiger partial charge in [-0.15, -0.1) is 0 Å². The van der Waals surface area contributed by atoms with Crippen LogP contribution in [0.5, 0.6) is 0 Å². The van der Waals surface area contributed by atoms with Gasteiger partial charge in [0.15, 0.2) is 5.09 Å². The molecule has 0 radical (unpaired) electrons. The van der Waals surface area contributed by atoms with E-state index in [0.717, 1.165) is 26.6 Å². The first-order valence-electron chi connectivity index (χ1n) is 3.69. The van der Waals surface area contributed by atoms with Gasteiger partial charge >= 0.3 is 0 Å². The van der Waals surface area contributed by atoms with Gasteiger partial charge in [-0.3, -0.25) is 0 Å². The van der Waals surface area contributed by atoms with E-state index in [2.05, 4.69) is 21.2 Å². The van der Waals surface area contributed by atoms with Gasteiger partial charge in [-0.1, -0.05) is 11.6 Å². The second kappa shape index (κ2) is 3.71. The number of furan rings is 1. The number of rotatable bonds is 1. The molecule has 68 valence electrons. The lowest BCUT2D eigenvalue weighted by Crippen LogP contribution is -1.69. The van der Waals surface area contributed by atoms with E-state index in [1.165, 1.54) is 0 Å². The van der Waals surface area contributed by atoms with Crippen LogP contribution in [-0.4, -0.2) is 0 Å². The van der Waals surface area contributed by atoms with Crippen LogP contribution in [-0.2, 0) is 0 Å². The third kappa shape index (κ3) is 1.69. The lowest BCUT2D eigenvalue weighted by atomic mass is 10.2. The molecule has 0 saturated heterocycles. The summed E-state index contributed by atoms with van der Waals surface area (Å²) < 4.78 is 5.60. The van der Waals surface area contributed by atoms with Crippen molar-refractivity contribution in [1.82, 2.24) is 0 Å². The van der Waals surface area contributed by atoms with Crippen LogP contribution in [0.2, 0.25) is 5.02 Å². The van der Waals surface area contributed by atoms with Crippen molar-refractivity contribution in [3.05, 3.63) is 28.8 Å². The highest BCUT2D eigenvalue weighted by atomic mass is 127. The number of aryl methyl sites for hydroxylation is 1. The van der Waals surface area contributed by atoms with E-state index in [1.807, 2.05) is 25.1 Å². The minimum atomic E-state index is 0.751. The maximum Gasteiger partial charge on any atom is 0.174 e. The second-order valence-corrected chi connectivity index (χ2v) is 5.01. The van der Waals surface area contributed by atoms with Crippen LogP contribution in [0.3, 0.4) is 0 Å². The molecule has 0 unspecified atom stereocenters. The molecule has 1 heterocycles. The maximum atomic E-state index is 5.89. The molecule has 0 bridgehead atoms. The number of halogens is 2. The third-order valence-corrected chi connectivity index (χ3v) is 3.89. The normalized spacial score (nSPS) is 11.0. The zero-order chi connectivity index (χ0) is 9.42. The first kappa shape index (κ1) is 9.68. The van der Waals surface area contributed by atoms with Crippen LogP contribution < -0.4 is 0 Å². The predicted octanol–water partition coefficient (Wildman–Crippen LogP) is 4.84. The average molecular weight is 325 g/mol. The fourth-order valence-electron chi connectivity index (χ4n) is 1.24. The summed E-state index contributed by atoms with van der Waals surface area (Å²) >= 11 is 8.11. The third-order valence-electron chi connectivity index (χ3n) is 1.92. The van der Waals surface area contributed by atoms with Crippen molar-refractivity contribution < 1.29 is 4.42 Å². The van der Waals surface area contributed by atoms with Crippen molar-refractivity contribution in [2.75, 3.05) is 0 Å². The van der Waals surface area contributed by atoms with E-state index in [1.54, 1.807) is 8.93 Å². The van der Waals surface area contributed by atoms with Gasteiger partial charge in [0.2, 0.25) is 0 Å². The summed E-state index contributed by atoms with van der Waals surface area (Å²) in [6, 6.07) is 5.68. The van der Waals surface area contributed by atoms with Crippen LogP contribution in [0.15, 0.2) is 27.7 Å². The topological polar surface area (TPSA) is 13.1 Å². The number of hydrogen-bond donors (Lipinski definition) is 0. The van der Waals surface area contributed by atoms with Crippen LogP contribution in [0.25, 0.3) is 11.0 Å². The summed E-state index contributed by atoms with van der Waals surface area (Å²) in [5.41, 5.74) is 2.07. The van der Waals surface area contributed by atoms with Gasteiger partial charge in [-0.05, 0) is 34.1 Å². The fraction of sp³-hybridized carbons (Fsp3) is 0.111. The zero-order valence-corrected chi connectivity index (χ0v) is 10.5. The van der Waals surface area contributed by atoms with Gasteiger partial charge in [0.25, 0.3) is 0 Å². The Bertz CT molecular complexity index is 452. The molecule has 13 heavy (non-hydrogen) atoms. The van der Waals surface area contributed by atoms with Crippen molar-refractivity contribution in [3.8, 4) is 0 Å². The Morgan fingerprint density at radius 1 is 1.46 bits per heavy atom. The highest BCUT2D eigenvalue weighted by Crippen LogP contribution is 2.36. The Labute approximate surface area is 97.4 Å². The van der Waals surface area contributed by atoms with Crippen LogP contribution in [0.1, 0.15) is 5.56 Å². The number of fused-ring (bicyclic) bond motifs is 1. The molecule has 4 heteroatoms. The quantitative estimate of drug-likeness (QED) is 0.697. The second-order valence-electron chi connectivity index (χ2n) is 2.73. The molecule has 0 atom stereocenters. The van der Waals surface area contributed by atoms with Crippen molar-refractivity contribution in [1.29, 1.82) is 0 Å². The predicted molar refractivity (Wildman–Crippen MR) is 65.8 cm³/mol. The van der Waals surface area contributed by atoms with Crippen molar-refractivity contribution in [2.24, 2.45) is 0 Å². The Kier molecular flexibility index (Phi) is 2.76. The minimum Gasteiger partial charge on any atom is -0.449 e.